The van der Waals surface area contributed by atoms with Gasteiger partial charge in [0.25, 0.3) is 0 Å². The van der Waals surface area contributed by atoms with Crippen molar-refractivity contribution in [3.63, 3.8) is 0 Å². The minimum atomic E-state index is -0.853. The number of hydrogen-bond acceptors (Lipinski definition) is 5. The third-order valence-electron chi connectivity index (χ3n) is 7.93. The van der Waals surface area contributed by atoms with Crippen LogP contribution in [0.4, 0.5) is 4.39 Å². The number of benzene rings is 3. The molecule has 2 aliphatic rings. The van der Waals surface area contributed by atoms with E-state index in [1.165, 1.54) is 0 Å². The molecule has 0 bridgehead atoms. The highest BCUT2D eigenvalue weighted by Crippen LogP contribution is 2.45. The number of pyridine rings is 1. The van der Waals surface area contributed by atoms with Gasteiger partial charge >= 0.3 is 5.97 Å². The summed E-state index contributed by atoms with van der Waals surface area (Å²) >= 11 is 0. The van der Waals surface area contributed by atoms with Crippen LogP contribution in [0.2, 0.25) is 0 Å². The zero-order valence-electron chi connectivity index (χ0n) is 22.7. The lowest BCUT2D eigenvalue weighted by molar-refractivity contribution is -0.137. The van der Waals surface area contributed by atoms with Gasteiger partial charge in [-0.05, 0) is 78.3 Å². The van der Waals surface area contributed by atoms with Gasteiger partial charge in [0.1, 0.15) is 23.4 Å². The molecule has 0 radical (unpaired) electrons. The molecule has 0 saturated heterocycles. The second-order valence-electron chi connectivity index (χ2n) is 10.5. The Balaban J connectivity index is 1.30. The molecule has 1 aromatic heterocycles. The molecule has 0 spiro atoms. The van der Waals surface area contributed by atoms with Crippen LogP contribution in [0.5, 0.6) is 17.4 Å². The third kappa shape index (κ3) is 4.66. The van der Waals surface area contributed by atoms with Crippen LogP contribution in [-0.2, 0) is 11.2 Å². The number of ether oxygens (including phenoxy) is 3. The van der Waals surface area contributed by atoms with Crippen LogP contribution in [0.1, 0.15) is 52.7 Å². The third-order valence-corrected chi connectivity index (χ3v) is 7.93. The fraction of sp³-hybridized carbons (Fsp3) is 0.273. The van der Waals surface area contributed by atoms with Gasteiger partial charge in [-0.2, -0.15) is 0 Å². The Hall–Kier alpha value is -4.39. The van der Waals surface area contributed by atoms with Gasteiger partial charge in [0.2, 0.25) is 5.88 Å². The van der Waals surface area contributed by atoms with E-state index >= 15 is 4.39 Å². The number of hydrogen-bond donors (Lipinski definition) is 1. The summed E-state index contributed by atoms with van der Waals surface area (Å²) < 4.78 is 32.5. The lowest BCUT2D eigenvalue weighted by atomic mass is 9.88. The highest BCUT2D eigenvalue weighted by Gasteiger charge is 2.32. The molecule has 2 atom stereocenters. The van der Waals surface area contributed by atoms with Gasteiger partial charge in [0.15, 0.2) is 0 Å². The Bertz CT molecular complexity index is 1590. The number of methoxy groups -OCH3 is 1. The van der Waals surface area contributed by atoms with E-state index in [1.807, 2.05) is 30.3 Å². The zero-order chi connectivity index (χ0) is 28.0. The minimum Gasteiger partial charge on any atom is -0.492 e. The lowest BCUT2D eigenvalue weighted by Gasteiger charge is -2.19. The van der Waals surface area contributed by atoms with Crippen molar-refractivity contribution in [1.29, 1.82) is 0 Å². The van der Waals surface area contributed by atoms with Crippen molar-refractivity contribution in [2.45, 2.75) is 45.1 Å². The summed E-state index contributed by atoms with van der Waals surface area (Å²) in [5, 5.41) is 9.16. The van der Waals surface area contributed by atoms with Crippen molar-refractivity contribution in [1.82, 2.24) is 4.98 Å². The summed E-state index contributed by atoms with van der Waals surface area (Å²) in [5.74, 6) is 0.497. The molecule has 2 heterocycles. The fourth-order valence-electron chi connectivity index (χ4n) is 6.13. The van der Waals surface area contributed by atoms with Gasteiger partial charge in [-0.3, -0.25) is 4.79 Å². The number of carbonyl (C=O) groups is 1. The first-order valence-corrected chi connectivity index (χ1v) is 13.4. The Kier molecular flexibility index (Phi) is 6.66. The smallest absolute Gasteiger partial charge is 0.304 e. The van der Waals surface area contributed by atoms with Crippen LogP contribution < -0.4 is 14.2 Å². The van der Waals surface area contributed by atoms with E-state index in [0.29, 0.717) is 42.4 Å². The maximum absolute atomic E-state index is 15.3. The van der Waals surface area contributed by atoms with Crippen LogP contribution in [0.3, 0.4) is 0 Å². The van der Waals surface area contributed by atoms with E-state index in [4.69, 9.17) is 19.3 Å². The van der Waals surface area contributed by atoms with Gasteiger partial charge in [-0.15, -0.1) is 0 Å². The average molecular weight is 540 g/mol. The van der Waals surface area contributed by atoms with Crippen LogP contribution in [0, 0.1) is 19.7 Å². The highest BCUT2D eigenvalue weighted by atomic mass is 19.1. The number of fused-ring (bicyclic) bond motifs is 2. The fourth-order valence-corrected chi connectivity index (χ4v) is 6.13. The van der Waals surface area contributed by atoms with E-state index in [0.717, 1.165) is 44.5 Å². The van der Waals surface area contributed by atoms with Gasteiger partial charge < -0.3 is 19.3 Å². The van der Waals surface area contributed by atoms with E-state index < -0.39 is 12.1 Å². The van der Waals surface area contributed by atoms with E-state index in [9.17, 15) is 4.79 Å². The number of rotatable bonds is 7. The zero-order valence-corrected chi connectivity index (χ0v) is 22.7. The van der Waals surface area contributed by atoms with Crippen molar-refractivity contribution in [2.75, 3.05) is 13.7 Å². The summed E-state index contributed by atoms with van der Waals surface area (Å²) in [5.41, 5.74) is 8.88. The number of halogens is 1. The molecular formula is C33H30FNO5. The first-order valence-electron chi connectivity index (χ1n) is 13.4. The lowest BCUT2D eigenvalue weighted by Crippen LogP contribution is -2.07. The maximum Gasteiger partial charge on any atom is 0.304 e. The number of aliphatic carboxylic acids is 1. The molecule has 7 heteroatoms. The first kappa shape index (κ1) is 25.9. The van der Waals surface area contributed by atoms with Crippen LogP contribution in [0.15, 0.2) is 60.8 Å². The summed E-state index contributed by atoms with van der Waals surface area (Å²) in [4.78, 5) is 15.5. The van der Waals surface area contributed by atoms with Crippen LogP contribution in [0.25, 0.3) is 22.3 Å². The second-order valence-corrected chi connectivity index (χ2v) is 10.5. The molecule has 0 saturated carbocycles. The molecule has 0 fully saturated rings. The molecule has 6 rings (SSSR count). The number of carboxylic acid groups (broad SMARTS) is 1. The molecule has 1 N–H and O–H groups in total. The maximum atomic E-state index is 15.3. The Morgan fingerprint density at radius 3 is 2.58 bits per heavy atom. The van der Waals surface area contributed by atoms with Crippen LogP contribution >= 0.6 is 0 Å². The molecule has 40 heavy (non-hydrogen) atoms. The van der Waals surface area contributed by atoms with Crippen molar-refractivity contribution < 1.29 is 28.5 Å². The minimum absolute atomic E-state index is 0.0218. The predicted octanol–water partition coefficient (Wildman–Crippen LogP) is 7.20. The topological polar surface area (TPSA) is 77.9 Å². The number of aryl methyl sites for hydroxylation is 2. The number of aromatic nitrogens is 1. The molecule has 3 aromatic carbocycles. The Morgan fingerprint density at radius 1 is 1.07 bits per heavy atom. The van der Waals surface area contributed by atoms with Gasteiger partial charge in [0, 0.05) is 40.9 Å². The molecule has 4 aromatic rings. The molecule has 6 nitrogen and oxygen atoms in total. The molecule has 1 aliphatic carbocycles. The predicted molar refractivity (Wildman–Crippen MR) is 150 cm³/mol. The van der Waals surface area contributed by atoms with Crippen molar-refractivity contribution in [2.24, 2.45) is 0 Å². The molecule has 0 unspecified atom stereocenters. The molecular weight excluding hydrogens is 509 g/mol. The molecule has 204 valence electrons. The Labute approximate surface area is 232 Å². The summed E-state index contributed by atoms with van der Waals surface area (Å²) in [6.07, 6.45) is 2.78. The van der Waals surface area contributed by atoms with Gasteiger partial charge in [0.05, 0.1) is 20.1 Å². The van der Waals surface area contributed by atoms with Crippen LogP contribution in [-0.4, -0.2) is 29.8 Å². The first-order chi connectivity index (χ1) is 19.3. The molecule has 0 amide bonds. The highest BCUT2D eigenvalue weighted by molar-refractivity contribution is 5.79. The van der Waals surface area contributed by atoms with Crippen molar-refractivity contribution >= 4 is 5.97 Å². The summed E-state index contributed by atoms with van der Waals surface area (Å²) in [6, 6.07) is 17.0. The monoisotopic (exact) mass is 539 g/mol. The van der Waals surface area contributed by atoms with Gasteiger partial charge in [-0.25, -0.2) is 9.37 Å². The van der Waals surface area contributed by atoms with Gasteiger partial charge in [-0.1, -0.05) is 24.3 Å². The summed E-state index contributed by atoms with van der Waals surface area (Å²) in [6.45, 7) is 4.51. The van der Waals surface area contributed by atoms with E-state index in [-0.39, 0.29) is 18.2 Å². The van der Waals surface area contributed by atoms with E-state index in [2.05, 4.69) is 31.0 Å². The average Bonchev–Trinajstić information content (AvgIpc) is 3.54. The Morgan fingerprint density at radius 2 is 1.88 bits per heavy atom. The standard InChI is InChI=1S/C33H30FNO5/c1-18-12-21(20-4-11-30(38-3)35-16-20)13-19(2)32(18)25-7-9-27(34)33-26(25)8-10-28(33)40-23-5-6-24-22(14-31(36)37)17-39-29(24)15-23/h4-7,9,11-13,15-16,22,28H,8,10,14,17H2,1-3H3,(H,36,37)/t22-,28-/m1/s1. The normalized spacial score (nSPS) is 17.2. The molecule has 1 aliphatic heterocycles. The quantitative estimate of drug-likeness (QED) is 0.268. The second kappa shape index (κ2) is 10.3. The van der Waals surface area contributed by atoms with E-state index in [1.54, 1.807) is 25.4 Å². The number of nitrogens with zero attached hydrogens (tertiary/aromatic N) is 1. The SMILES string of the molecule is COc1ccc(-c2cc(C)c(-c3ccc(F)c4c3CC[C@H]4Oc3ccc4c(c3)OC[C@H]4CC(=O)O)c(C)c2)cn1. The summed E-state index contributed by atoms with van der Waals surface area (Å²) in [7, 11) is 1.60. The largest absolute Gasteiger partial charge is 0.492 e. The van der Waals surface area contributed by atoms with Crippen molar-refractivity contribution in [3.8, 4) is 39.6 Å². The number of carboxylic acids is 1. The van der Waals surface area contributed by atoms with Crippen molar-refractivity contribution in [3.05, 3.63) is 94.4 Å².